The molecule has 0 aliphatic carbocycles. The molecule has 0 unspecified atom stereocenters. The molecule has 5 heteroatoms. The fourth-order valence-corrected chi connectivity index (χ4v) is 2.45. The summed E-state index contributed by atoms with van der Waals surface area (Å²) in [5.41, 5.74) is 0.463. The number of rotatable bonds is 9. The van der Waals surface area contributed by atoms with Crippen LogP contribution >= 0.6 is 0 Å². The molecule has 21 heavy (non-hydrogen) atoms. The van der Waals surface area contributed by atoms with Crippen molar-refractivity contribution >= 4 is 11.8 Å². The minimum absolute atomic E-state index is 0.118. The minimum atomic E-state index is -0.149. The van der Waals surface area contributed by atoms with Gasteiger partial charge in [0.25, 0.3) is 0 Å². The van der Waals surface area contributed by atoms with E-state index in [4.69, 9.17) is 0 Å². The van der Waals surface area contributed by atoms with Crippen LogP contribution in [-0.2, 0) is 9.59 Å². The third-order valence-corrected chi connectivity index (χ3v) is 3.72. The fourth-order valence-electron chi connectivity index (χ4n) is 2.45. The maximum atomic E-state index is 11.9. The van der Waals surface area contributed by atoms with Crippen LogP contribution in [-0.4, -0.2) is 68.0 Å². The highest BCUT2D eigenvalue weighted by molar-refractivity contribution is 5.94. The summed E-state index contributed by atoms with van der Waals surface area (Å²) in [6.45, 7) is 11.1. The largest absolute Gasteiger partial charge is 0.352 e. The van der Waals surface area contributed by atoms with Gasteiger partial charge in [-0.05, 0) is 12.5 Å². The molecule has 5 nitrogen and oxygen atoms in total. The van der Waals surface area contributed by atoms with E-state index in [0.717, 1.165) is 37.0 Å². The minimum Gasteiger partial charge on any atom is -0.352 e. The second-order valence-electron chi connectivity index (χ2n) is 6.26. The van der Waals surface area contributed by atoms with E-state index in [0.29, 0.717) is 25.1 Å². The molecule has 1 aliphatic heterocycles. The van der Waals surface area contributed by atoms with Crippen LogP contribution in [0.4, 0.5) is 0 Å². The van der Waals surface area contributed by atoms with Gasteiger partial charge in [0, 0.05) is 31.5 Å². The molecule has 118 valence electrons. The van der Waals surface area contributed by atoms with Gasteiger partial charge < -0.3 is 14.7 Å². The van der Waals surface area contributed by atoms with Crippen molar-refractivity contribution in [2.24, 2.45) is 0 Å². The summed E-state index contributed by atoms with van der Waals surface area (Å²) in [6, 6.07) is 0. The average Bonchev–Trinajstić information content (AvgIpc) is 2.80. The molecule has 0 aromatic rings. The zero-order valence-electron chi connectivity index (χ0n) is 13.4. The van der Waals surface area contributed by atoms with Crippen LogP contribution < -0.4 is 5.32 Å². The van der Waals surface area contributed by atoms with Crippen LogP contribution in [0.15, 0.2) is 24.8 Å². The van der Waals surface area contributed by atoms with Gasteiger partial charge in [-0.25, -0.2) is 0 Å². The molecule has 0 atom stereocenters. The monoisotopic (exact) mass is 294 g/mol. The van der Waals surface area contributed by atoms with E-state index in [1.165, 1.54) is 0 Å². The molecule has 1 N–H and O–H groups in total. The molecule has 1 aliphatic rings. The van der Waals surface area contributed by atoms with Gasteiger partial charge in [-0.1, -0.05) is 13.2 Å². The van der Waals surface area contributed by atoms with Crippen molar-refractivity contribution in [3.8, 4) is 0 Å². The normalized spacial score (nSPS) is 15.1. The van der Waals surface area contributed by atoms with Gasteiger partial charge in [0.2, 0.25) is 11.8 Å². The lowest BCUT2D eigenvalue weighted by Crippen LogP contribution is -2.42. The Hall–Kier alpha value is -1.62. The van der Waals surface area contributed by atoms with E-state index >= 15 is 0 Å². The van der Waals surface area contributed by atoms with Gasteiger partial charge in [-0.15, -0.1) is 0 Å². The van der Waals surface area contributed by atoms with Crippen molar-refractivity contribution in [2.45, 2.75) is 19.3 Å². The van der Waals surface area contributed by atoms with Gasteiger partial charge in [-0.2, -0.15) is 0 Å². The van der Waals surface area contributed by atoms with E-state index in [1.807, 2.05) is 6.08 Å². The number of nitrogens with one attached hydrogen (secondary N) is 1. The van der Waals surface area contributed by atoms with Crippen LogP contribution in [0, 0.1) is 0 Å². The molecular formula is C16H28N3O2+. The quantitative estimate of drug-likeness (QED) is 0.298. The number of carbonyl (C=O) groups excluding carboxylic acids is 2. The standard InChI is InChI=1S/C16H27N3O2/c1-5-11-19(3,4)12-7-9-17-16(21)14(2)13-18-10-6-8-15(18)20/h5H,1-2,6-13H2,3-4H3/p+1. The zero-order chi connectivity index (χ0) is 15.9. The summed E-state index contributed by atoms with van der Waals surface area (Å²) < 4.78 is 0.864. The lowest BCUT2D eigenvalue weighted by Gasteiger charge is -2.28. The Morgan fingerprint density at radius 2 is 2.19 bits per heavy atom. The average molecular weight is 294 g/mol. The van der Waals surface area contributed by atoms with Gasteiger partial charge in [-0.3, -0.25) is 9.59 Å². The molecular weight excluding hydrogens is 266 g/mol. The zero-order valence-corrected chi connectivity index (χ0v) is 13.4. The Morgan fingerprint density at radius 3 is 2.76 bits per heavy atom. The van der Waals surface area contributed by atoms with Crippen molar-refractivity contribution in [3.05, 3.63) is 24.8 Å². The second kappa shape index (κ2) is 7.98. The van der Waals surface area contributed by atoms with Crippen molar-refractivity contribution in [1.82, 2.24) is 10.2 Å². The highest BCUT2D eigenvalue weighted by Gasteiger charge is 2.22. The van der Waals surface area contributed by atoms with E-state index in [-0.39, 0.29) is 11.8 Å². The third-order valence-electron chi connectivity index (χ3n) is 3.72. The molecule has 1 rings (SSSR count). The number of nitrogens with zero attached hydrogens (tertiary/aromatic N) is 2. The van der Waals surface area contributed by atoms with Gasteiger partial charge in [0.1, 0.15) is 0 Å². The highest BCUT2D eigenvalue weighted by atomic mass is 16.2. The predicted molar refractivity (Wildman–Crippen MR) is 84.6 cm³/mol. The molecule has 0 aromatic heterocycles. The van der Waals surface area contributed by atoms with E-state index < -0.39 is 0 Å². The van der Waals surface area contributed by atoms with Crippen LogP contribution in [0.1, 0.15) is 19.3 Å². The highest BCUT2D eigenvalue weighted by Crippen LogP contribution is 2.11. The van der Waals surface area contributed by atoms with Crippen molar-refractivity contribution in [1.29, 1.82) is 0 Å². The summed E-state index contributed by atoms with van der Waals surface area (Å²) in [7, 11) is 4.28. The molecule has 0 saturated carbocycles. The number of hydrogen-bond donors (Lipinski definition) is 1. The maximum absolute atomic E-state index is 11.9. The summed E-state index contributed by atoms with van der Waals surface area (Å²) in [5.74, 6) is -0.0313. The number of quaternary nitrogens is 1. The van der Waals surface area contributed by atoms with Gasteiger partial charge >= 0.3 is 0 Å². The lowest BCUT2D eigenvalue weighted by molar-refractivity contribution is -0.884. The van der Waals surface area contributed by atoms with Crippen LogP contribution in [0.2, 0.25) is 0 Å². The predicted octanol–water partition coefficient (Wildman–Crippen LogP) is 0.934. The third kappa shape index (κ3) is 6.12. The molecule has 1 saturated heterocycles. The first-order valence-corrected chi connectivity index (χ1v) is 7.52. The molecule has 2 amide bonds. The Balaban J connectivity index is 2.22. The molecule has 0 spiro atoms. The van der Waals surface area contributed by atoms with Gasteiger partial charge in [0.15, 0.2) is 0 Å². The fraction of sp³-hybridized carbons (Fsp3) is 0.625. The summed E-state index contributed by atoms with van der Waals surface area (Å²) in [4.78, 5) is 25.1. The topological polar surface area (TPSA) is 49.4 Å². The molecule has 1 heterocycles. The first-order valence-electron chi connectivity index (χ1n) is 7.52. The van der Waals surface area contributed by atoms with Crippen molar-refractivity contribution < 1.29 is 14.1 Å². The Labute approximate surface area is 127 Å². The SMILES string of the molecule is C=CC[N+](C)(C)CCCNC(=O)C(=C)CN1CCCC1=O. The lowest BCUT2D eigenvalue weighted by atomic mass is 10.2. The number of carbonyl (C=O) groups is 2. The first-order chi connectivity index (χ1) is 9.85. The number of likely N-dealkylation sites (tertiary alicyclic amines) is 1. The molecule has 1 fully saturated rings. The summed E-state index contributed by atoms with van der Waals surface area (Å²) in [6.07, 6.45) is 4.28. The second-order valence-corrected chi connectivity index (χ2v) is 6.26. The molecule has 0 radical (unpaired) electrons. The van der Waals surface area contributed by atoms with E-state index in [1.54, 1.807) is 4.90 Å². The first kappa shape index (κ1) is 17.4. The maximum Gasteiger partial charge on any atom is 0.248 e. The van der Waals surface area contributed by atoms with Gasteiger partial charge in [0.05, 0.1) is 33.7 Å². The van der Waals surface area contributed by atoms with Crippen LogP contribution in [0.25, 0.3) is 0 Å². The number of likely N-dealkylation sites (N-methyl/N-ethyl adjacent to an activating group) is 1. The van der Waals surface area contributed by atoms with E-state index in [2.05, 4.69) is 32.6 Å². The van der Waals surface area contributed by atoms with Crippen LogP contribution in [0.5, 0.6) is 0 Å². The Kier molecular flexibility index (Phi) is 6.62. The smallest absolute Gasteiger partial charge is 0.248 e. The summed E-state index contributed by atoms with van der Waals surface area (Å²) >= 11 is 0. The summed E-state index contributed by atoms with van der Waals surface area (Å²) in [5, 5.41) is 2.87. The molecule has 0 aromatic carbocycles. The Bertz CT molecular complexity index is 416. The van der Waals surface area contributed by atoms with Crippen LogP contribution in [0.3, 0.4) is 0 Å². The Morgan fingerprint density at radius 1 is 1.48 bits per heavy atom. The number of hydrogen-bond acceptors (Lipinski definition) is 2. The van der Waals surface area contributed by atoms with E-state index in [9.17, 15) is 9.59 Å². The van der Waals surface area contributed by atoms with Crippen molar-refractivity contribution in [2.75, 3.05) is 46.8 Å². The molecule has 0 bridgehead atoms. The number of amides is 2. The van der Waals surface area contributed by atoms with Crippen molar-refractivity contribution in [3.63, 3.8) is 0 Å².